The summed E-state index contributed by atoms with van der Waals surface area (Å²) in [6.07, 6.45) is -3.79. The molecule has 0 bridgehead atoms. The number of fused-ring (bicyclic) bond motifs is 1. The number of urea groups is 1. The first-order valence-corrected chi connectivity index (χ1v) is 7.76. The summed E-state index contributed by atoms with van der Waals surface area (Å²) in [4.78, 5) is 17.6. The number of carbonyl (C=O) groups is 1. The van der Waals surface area contributed by atoms with Crippen molar-refractivity contribution in [3.05, 3.63) is 47.7 Å². The van der Waals surface area contributed by atoms with Gasteiger partial charge in [-0.3, -0.25) is 5.32 Å². The van der Waals surface area contributed by atoms with Crippen molar-refractivity contribution in [1.82, 2.24) is 9.88 Å². The van der Waals surface area contributed by atoms with Crippen LogP contribution >= 0.6 is 0 Å². The maximum atomic E-state index is 12.6. The third-order valence-electron chi connectivity index (χ3n) is 3.86. The molecule has 6 nitrogen and oxygen atoms in total. The van der Waals surface area contributed by atoms with Gasteiger partial charge in [0, 0.05) is 11.8 Å². The highest BCUT2D eigenvalue weighted by Gasteiger charge is 2.30. The molecule has 138 valence electrons. The number of carbonyl (C=O) groups excluding carboxylic acids is 1. The number of hydrogen-bond donors (Lipinski definition) is 1. The predicted octanol–water partition coefficient (Wildman–Crippen LogP) is 3.54. The van der Waals surface area contributed by atoms with Crippen molar-refractivity contribution < 1.29 is 27.4 Å². The number of pyridine rings is 1. The van der Waals surface area contributed by atoms with E-state index in [1.54, 1.807) is 25.3 Å². The minimum atomic E-state index is -4.47. The lowest BCUT2D eigenvalue weighted by atomic mass is 10.2. The highest BCUT2D eigenvalue weighted by atomic mass is 19.4. The minimum absolute atomic E-state index is 0.0408. The van der Waals surface area contributed by atoms with Crippen LogP contribution in [0.25, 0.3) is 0 Å². The lowest BCUT2D eigenvalue weighted by Crippen LogP contribution is -2.36. The van der Waals surface area contributed by atoms with E-state index in [-0.39, 0.29) is 12.4 Å². The highest BCUT2D eigenvalue weighted by molar-refractivity contribution is 5.88. The van der Waals surface area contributed by atoms with Gasteiger partial charge in [0.25, 0.3) is 0 Å². The van der Waals surface area contributed by atoms with Gasteiger partial charge in [0.05, 0.1) is 25.8 Å². The average Bonchev–Trinajstić information content (AvgIpc) is 2.83. The summed E-state index contributed by atoms with van der Waals surface area (Å²) in [5.41, 5.74) is -0.0999. The second-order valence-electron chi connectivity index (χ2n) is 5.60. The SMILES string of the molecule is COc1ccc2c(c1)CN(C(=O)Nc1ccc(C(F)(F)F)cn1)CCO2. The fourth-order valence-electron chi connectivity index (χ4n) is 2.50. The summed E-state index contributed by atoms with van der Waals surface area (Å²) in [5, 5.41) is 2.50. The van der Waals surface area contributed by atoms with Crippen molar-refractivity contribution in [2.45, 2.75) is 12.7 Å². The number of anilines is 1. The van der Waals surface area contributed by atoms with Crippen molar-refractivity contribution in [1.29, 1.82) is 0 Å². The number of alkyl halides is 3. The van der Waals surface area contributed by atoms with Crippen LogP contribution in [0.2, 0.25) is 0 Å². The second-order valence-corrected chi connectivity index (χ2v) is 5.60. The molecule has 0 saturated carbocycles. The van der Waals surface area contributed by atoms with Gasteiger partial charge in [0.15, 0.2) is 0 Å². The number of benzene rings is 1. The van der Waals surface area contributed by atoms with Gasteiger partial charge >= 0.3 is 12.2 Å². The Bertz CT molecular complexity index is 794. The molecule has 1 N–H and O–H groups in total. The third kappa shape index (κ3) is 3.98. The average molecular weight is 367 g/mol. The van der Waals surface area contributed by atoms with Crippen LogP contribution in [0.4, 0.5) is 23.8 Å². The Morgan fingerprint density at radius 2 is 2.12 bits per heavy atom. The second kappa shape index (κ2) is 7.11. The van der Waals surface area contributed by atoms with E-state index in [1.165, 1.54) is 4.90 Å². The lowest BCUT2D eigenvalue weighted by Gasteiger charge is -2.20. The van der Waals surface area contributed by atoms with E-state index in [0.717, 1.165) is 17.7 Å². The lowest BCUT2D eigenvalue weighted by molar-refractivity contribution is -0.137. The Balaban J connectivity index is 1.71. The summed E-state index contributed by atoms with van der Waals surface area (Å²) in [5.74, 6) is 1.34. The number of amides is 2. The number of halogens is 3. The Labute approximate surface area is 147 Å². The molecule has 9 heteroatoms. The van der Waals surface area contributed by atoms with Crippen LogP contribution in [0.15, 0.2) is 36.5 Å². The Morgan fingerprint density at radius 1 is 1.31 bits per heavy atom. The van der Waals surface area contributed by atoms with Crippen LogP contribution in [0.5, 0.6) is 11.5 Å². The maximum absolute atomic E-state index is 12.6. The zero-order valence-corrected chi connectivity index (χ0v) is 13.8. The Morgan fingerprint density at radius 3 is 2.77 bits per heavy atom. The molecule has 0 spiro atoms. The number of hydrogen-bond acceptors (Lipinski definition) is 4. The largest absolute Gasteiger partial charge is 0.497 e. The van der Waals surface area contributed by atoms with Crippen LogP contribution in [-0.4, -0.2) is 36.2 Å². The van der Waals surface area contributed by atoms with Crippen molar-refractivity contribution in [3.8, 4) is 11.5 Å². The number of aromatic nitrogens is 1. The van der Waals surface area contributed by atoms with E-state index in [9.17, 15) is 18.0 Å². The van der Waals surface area contributed by atoms with Gasteiger partial charge in [-0.05, 0) is 30.3 Å². The molecule has 2 amide bonds. The molecule has 3 rings (SSSR count). The number of nitrogens with one attached hydrogen (secondary N) is 1. The molecule has 0 radical (unpaired) electrons. The van der Waals surface area contributed by atoms with Gasteiger partial charge in [-0.2, -0.15) is 13.2 Å². The molecule has 0 atom stereocenters. The third-order valence-corrected chi connectivity index (χ3v) is 3.86. The quantitative estimate of drug-likeness (QED) is 0.882. The summed E-state index contributed by atoms with van der Waals surface area (Å²) < 4.78 is 48.5. The molecule has 2 aromatic rings. The predicted molar refractivity (Wildman–Crippen MR) is 87.2 cm³/mol. The Kier molecular flexibility index (Phi) is 4.88. The molecular weight excluding hydrogens is 351 g/mol. The number of nitrogens with zero attached hydrogens (tertiary/aromatic N) is 2. The first kappa shape index (κ1) is 17.8. The zero-order valence-electron chi connectivity index (χ0n) is 13.8. The van der Waals surface area contributed by atoms with Crippen LogP contribution < -0.4 is 14.8 Å². The topological polar surface area (TPSA) is 63.7 Å². The maximum Gasteiger partial charge on any atom is 0.417 e. The smallest absolute Gasteiger partial charge is 0.417 e. The van der Waals surface area contributed by atoms with Gasteiger partial charge in [-0.15, -0.1) is 0 Å². The van der Waals surface area contributed by atoms with Crippen molar-refractivity contribution in [2.75, 3.05) is 25.6 Å². The number of methoxy groups -OCH3 is 1. The fraction of sp³-hybridized carbons (Fsp3) is 0.294. The molecular formula is C17H16F3N3O3. The normalized spacial score (nSPS) is 14.1. The molecule has 1 aliphatic rings. The monoisotopic (exact) mass is 367 g/mol. The van der Waals surface area contributed by atoms with Crippen molar-refractivity contribution >= 4 is 11.8 Å². The molecule has 1 aromatic carbocycles. The summed E-state index contributed by atoms with van der Waals surface area (Å²) >= 11 is 0. The summed E-state index contributed by atoms with van der Waals surface area (Å²) in [6.45, 7) is 0.898. The number of rotatable bonds is 2. The molecule has 26 heavy (non-hydrogen) atoms. The molecule has 0 fully saturated rings. The molecule has 2 heterocycles. The zero-order chi connectivity index (χ0) is 18.7. The first-order chi connectivity index (χ1) is 12.4. The van der Waals surface area contributed by atoms with E-state index < -0.39 is 17.8 Å². The molecule has 0 unspecified atom stereocenters. The minimum Gasteiger partial charge on any atom is -0.497 e. The van der Waals surface area contributed by atoms with Crippen molar-refractivity contribution in [2.24, 2.45) is 0 Å². The van der Waals surface area contributed by atoms with E-state index in [2.05, 4.69) is 10.3 Å². The number of ether oxygens (including phenoxy) is 2. The Hall–Kier alpha value is -2.97. The first-order valence-electron chi connectivity index (χ1n) is 7.76. The molecule has 0 aliphatic carbocycles. The van der Waals surface area contributed by atoms with Crippen LogP contribution in [-0.2, 0) is 12.7 Å². The van der Waals surface area contributed by atoms with Crippen LogP contribution in [0, 0.1) is 0 Å². The van der Waals surface area contributed by atoms with E-state index in [0.29, 0.717) is 30.8 Å². The van der Waals surface area contributed by atoms with E-state index in [4.69, 9.17) is 9.47 Å². The fourth-order valence-corrected chi connectivity index (χ4v) is 2.50. The van der Waals surface area contributed by atoms with Gasteiger partial charge < -0.3 is 14.4 Å². The summed E-state index contributed by atoms with van der Waals surface area (Å²) in [6, 6.07) is 6.82. The summed E-state index contributed by atoms with van der Waals surface area (Å²) in [7, 11) is 1.54. The van der Waals surface area contributed by atoms with Gasteiger partial charge in [-0.1, -0.05) is 0 Å². The van der Waals surface area contributed by atoms with Gasteiger partial charge in [-0.25, -0.2) is 9.78 Å². The van der Waals surface area contributed by atoms with Gasteiger partial charge in [0.1, 0.15) is 23.9 Å². The van der Waals surface area contributed by atoms with Crippen LogP contribution in [0.1, 0.15) is 11.1 Å². The van der Waals surface area contributed by atoms with Gasteiger partial charge in [0.2, 0.25) is 0 Å². The highest BCUT2D eigenvalue weighted by Crippen LogP contribution is 2.29. The van der Waals surface area contributed by atoms with E-state index in [1.807, 2.05) is 0 Å². The van der Waals surface area contributed by atoms with Crippen LogP contribution in [0.3, 0.4) is 0 Å². The molecule has 1 aliphatic heterocycles. The van der Waals surface area contributed by atoms with E-state index >= 15 is 0 Å². The standard InChI is InChI=1S/C17H16F3N3O3/c1-25-13-3-4-14-11(8-13)10-23(6-7-26-14)16(24)22-15-5-2-12(9-21-15)17(18,19)20/h2-5,8-9H,6-7,10H2,1H3,(H,21,22,24). The molecule has 1 aromatic heterocycles. The molecule has 0 saturated heterocycles. The van der Waals surface area contributed by atoms with Crippen molar-refractivity contribution in [3.63, 3.8) is 0 Å².